The molecule has 1 aliphatic heterocycles. The van der Waals surface area contributed by atoms with E-state index < -0.39 is 17.1 Å². The lowest BCUT2D eigenvalue weighted by atomic mass is 10.4. The smallest absolute Gasteiger partial charge is 0.274 e. The Morgan fingerprint density at radius 2 is 2.08 bits per heavy atom. The number of hydrogen-bond donors (Lipinski definition) is 0. The SMILES string of the molecule is C/C=C1/SC(=O)N(C(C)=O)C1=O. The molecule has 3 amide bonds. The molecule has 1 fully saturated rings. The van der Waals surface area contributed by atoms with E-state index >= 15 is 0 Å². The Bertz CT molecular complexity index is 295. The molecule has 0 radical (unpaired) electrons. The summed E-state index contributed by atoms with van der Waals surface area (Å²) in [7, 11) is 0. The summed E-state index contributed by atoms with van der Waals surface area (Å²) < 4.78 is 0. The molecule has 0 atom stereocenters. The average molecular weight is 185 g/mol. The number of rotatable bonds is 0. The van der Waals surface area contributed by atoms with Crippen molar-refractivity contribution in [1.29, 1.82) is 0 Å². The van der Waals surface area contributed by atoms with Crippen LogP contribution in [0.5, 0.6) is 0 Å². The summed E-state index contributed by atoms with van der Waals surface area (Å²) in [5, 5.41) is -0.513. The molecule has 0 saturated carbocycles. The summed E-state index contributed by atoms with van der Waals surface area (Å²) in [6, 6.07) is 0. The number of carbonyl (C=O) groups excluding carboxylic acids is 3. The summed E-state index contributed by atoms with van der Waals surface area (Å²) in [4.78, 5) is 33.9. The van der Waals surface area contributed by atoms with E-state index in [0.717, 1.165) is 11.8 Å². The maximum absolute atomic E-state index is 11.2. The number of imide groups is 3. The molecule has 1 saturated heterocycles. The molecule has 1 heterocycles. The van der Waals surface area contributed by atoms with Gasteiger partial charge in [0.25, 0.3) is 11.1 Å². The highest BCUT2D eigenvalue weighted by Gasteiger charge is 2.37. The molecule has 0 aromatic rings. The van der Waals surface area contributed by atoms with Crippen molar-refractivity contribution in [1.82, 2.24) is 4.90 Å². The first kappa shape index (κ1) is 8.99. The maximum atomic E-state index is 11.2. The highest BCUT2D eigenvalue weighted by molar-refractivity contribution is 8.18. The van der Waals surface area contributed by atoms with Gasteiger partial charge in [-0.25, -0.2) is 4.90 Å². The molecule has 64 valence electrons. The van der Waals surface area contributed by atoms with Crippen LogP contribution in [0.15, 0.2) is 11.0 Å². The van der Waals surface area contributed by atoms with Crippen LogP contribution in [0, 0.1) is 0 Å². The minimum Gasteiger partial charge on any atom is -0.274 e. The Labute approximate surface area is 73.6 Å². The van der Waals surface area contributed by atoms with E-state index in [4.69, 9.17) is 0 Å². The lowest BCUT2D eigenvalue weighted by Gasteiger charge is -2.04. The number of thioether (sulfide) groups is 1. The summed E-state index contributed by atoms with van der Waals surface area (Å²) in [5.74, 6) is -1.05. The summed E-state index contributed by atoms with van der Waals surface area (Å²) in [5.41, 5.74) is 0. The van der Waals surface area contributed by atoms with Crippen molar-refractivity contribution in [2.45, 2.75) is 13.8 Å². The number of nitrogens with zero attached hydrogens (tertiary/aromatic N) is 1. The van der Waals surface area contributed by atoms with E-state index in [1.54, 1.807) is 6.92 Å². The van der Waals surface area contributed by atoms with E-state index in [9.17, 15) is 14.4 Å². The van der Waals surface area contributed by atoms with Crippen molar-refractivity contribution in [3.63, 3.8) is 0 Å². The fourth-order valence-corrected chi connectivity index (χ4v) is 1.62. The Balaban J connectivity index is 3.00. The molecule has 0 aliphatic carbocycles. The second kappa shape index (κ2) is 3.10. The third kappa shape index (κ3) is 1.27. The largest absolute Gasteiger partial charge is 0.300 e. The zero-order valence-electron chi connectivity index (χ0n) is 6.66. The van der Waals surface area contributed by atoms with Gasteiger partial charge in [0.2, 0.25) is 5.91 Å². The van der Waals surface area contributed by atoms with Gasteiger partial charge in [-0.1, -0.05) is 6.08 Å². The molecule has 5 heteroatoms. The zero-order valence-corrected chi connectivity index (χ0v) is 7.47. The molecule has 0 aromatic carbocycles. The van der Waals surface area contributed by atoms with E-state index in [1.165, 1.54) is 13.0 Å². The molecule has 0 unspecified atom stereocenters. The second-order valence-electron chi connectivity index (χ2n) is 2.18. The van der Waals surface area contributed by atoms with Crippen LogP contribution in [0.1, 0.15) is 13.8 Å². The van der Waals surface area contributed by atoms with Crippen LogP contribution in [-0.4, -0.2) is 22.0 Å². The topological polar surface area (TPSA) is 54.5 Å². The summed E-state index contributed by atoms with van der Waals surface area (Å²) in [6.45, 7) is 2.84. The van der Waals surface area contributed by atoms with Crippen molar-refractivity contribution in [2.75, 3.05) is 0 Å². The van der Waals surface area contributed by atoms with E-state index in [0.29, 0.717) is 9.81 Å². The number of amides is 3. The Morgan fingerprint density at radius 1 is 1.50 bits per heavy atom. The van der Waals surface area contributed by atoms with Crippen LogP contribution in [-0.2, 0) is 9.59 Å². The van der Waals surface area contributed by atoms with Crippen molar-refractivity contribution in [3.05, 3.63) is 11.0 Å². The molecule has 1 aliphatic rings. The van der Waals surface area contributed by atoms with E-state index in [-0.39, 0.29) is 0 Å². The van der Waals surface area contributed by atoms with Crippen LogP contribution in [0.2, 0.25) is 0 Å². The van der Waals surface area contributed by atoms with Gasteiger partial charge in [0, 0.05) is 6.92 Å². The molecular weight excluding hydrogens is 178 g/mol. The molecule has 0 bridgehead atoms. The first-order valence-corrected chi connectivity index (χ1v) is 4.12. The predicted molar refractivity (Wildman–Crippen MR) is 44.3 cm³/mol. The van der Waals surface area contributed by atoms with Gasteiger partial charge in [-0.3, -0.25) is 14.4 Å². The highest BCUT2D eigenvalue weighted by atomic mass is 32.2. The molecule has 0 N–H and O–H groups in total. The van der Waals surface area contributed by atoms with Gasteiger partial charge in [0.15, 0.2) is 0 Å². The molecule has 12 heavy (non-hydrogen) atoms. The number of carbonyl (C=O) groups is 3. The molecule has 4 nitrogen and oxygen atoms in total. The first-order valence-electron chi connectivity index (χ1n) is 3.31. The quantitative estimate of drug-likeness (QED) is 0.531. The van der Waals surface area contributed by atoms with Crippen LogP contribution >= 0.6 is 11.8 Å². The summed E-state index contributed by atoms with van der Waals surface area (Å²) in [6.07, 6.45) is 1.52. The van der Waals surface area contributed by atoms with Gasteiger partial charge in [0.1, 0.15) is 0 Å². The molecule has 0 spiro atoms. The summed E-state index contributed by atoms with van der Waals surface area (Å²) >= 11 is 0.788. The van der Waals surface area contributed by atoms with Gasteiger partial charge in [-0.2, -0.15) is 0 Å². The zero-order chi connectivity index (χ0) is 9.30. The van der Waals surface area contributed by atoms with Gasteiger partial charge < -0.3 is 0 Å². The van der Waals surface area contributed by atoms with Crippen LogP contribution in [0.4, 0.5) is 4.79 Å². The van der Waals surface area contributed by atoms with Crippen LogP contribution in [0.25, 0.3) is 0 Å². The molecule has 0 aromatic heterocycles. The van der Waals surface area contributed by atoms with Crippen molar-refractivity contribution < 1.29 is 14.4 Å². The minimum absolute atomic E-state index is 0.315. The lowest BCUT2D eigenvalue weighted by molar-refractivity contribution is -0.135. The van der Waals surface area contributed by atoms with Crippen molar-refractivity contribution >= 4 is 28.8 Å². The average Bonchev–Trinajstić information content (AvgIpc) is 2.25. The lowest BCUT2D eigenvalue weighted by Crippen LogP contribution is -2.32. The van der Waals surface area contributed by atoms with Crippen LogP contribution < -0.4 is 0 Å². The normalized spacial score (nSPS) is 20.8. The number of allylic oxidation sites excluding steroid dienone is 1. The maximum Gasteiger partial charge on any atom is 0.300 e. The van der Waals surface area contributed by atoms with Crippen molar-refractivity contribution in [2.24, 2.45) is 0 Å². The third-order valence-corrected chi connectivity index (χ3v) is 2.36. The highest BCUT2D eigenvalue weighted by Crippen LogP contribution is 2.29. The van der Waals surface area contributed by atoms with Crippen LogP contribution in [0.3, 0.4) is 0 Å². The number of hydrogen-bond acceptors (Lipinski definition) is 4. The van der Waals surface area contributed by atoms with Gasteiger partial charge in [-0.15, -0.1) is 0 Å². The third-order valence-electron chi connectivity index (χ3n) is 1.37. The standard InChI is InChI=1S/C7H7NO3S/c1-3-5-6(10)8(4(2)9)7(11)12-5/h3H,1-2H3/b5-3+. The van der Waals surface area contributed by atoms with E-state index in [2.05, 4.69) is 0 Å². The molecule has 1 rings (SSSR count). The van der Waals surface area contributed by atoms with Gasteiger partial charge >= 0.3 is 0 Å². The Hall–Kier alpha value is -1.10. The monoisotopic (exact) mass is 185 g/mol. The Kier molecular flexibility index (Phi) is 2.32. The fourth-order valence-electron chi connectivity index (χ4n) is 0.830. The van der Waals surface area contributed by atoms with Crippen molar-refractivity contribution in [3.8, 4) is 0 Å². The fraction of sp³-hybridized carbons (Fsp3) is 0.286. The first-order chi connectivity index (χ1) is 5.57. The Morgan fingerprint density at radius 3 is 2.33 bits per heavy atom. The predicted octanol–water partition coefficient (Wildman–Crippen LogP) is 1.13. The molecular formula is C7H7NO3S. The minimum atomic E-state index is -0.533. The van der Waals surface area contributed by atoms with Gasteiger partial charge in [0.05, 0.1) is 4.91 Å². The van der Waals surface area contributed by atoms with E-state index in [1.807, 2.05) is 0 Å². The second-order valence-corrected chi connectivity index (χ2v) is 3.17. The van der Waals surface area contributed by atoms with Gasteiger partial charge in [-0.05, 0) is 18.7 Å².